The molecule has 0 spiro atoms. The molecule has 0 saturated carbocycles. The lowest BCUT2D eigenvalue weighted by molar-refractivity contribution is 0.0656. The molecule has 0 fully saturated rings. The zero-order chi connectivity index (χ0) is 14.8. The number of hydrogen-bond acceptors (Lipinski definition) is 4. The van der Waals surface area contributed by atoms with Gasteiger partial charge in [0.1, 0.15) is 6.61 Å². The molecular weight excluding hydrogens is 258 g/mol. The smallest absolute Gasteiger partial charge is 0.254 e. The Bertz CT molecular complexity index is 473. The summed E-state index contributed by atoms with van der Waals surface area (Å²) in [4.78, 5) is 13.8. The van der Waals surface area contributed by atoms with Crippen molar-refractivity contribution in [1.82, 2.24) is 4.90 Å². The van der Waals surface area contributed by atoms with E-state index in [1.807, 2.05) is 0 Å². The predicted octanol–water partition coefficient (Wildman–Crippen LogP) is 0.111. The van der Waals surface area contributed by atoms with Crippen LogP contribution in [0.15, 0.2) is 24.3 Å². The summed E-state index contributed by atoms with van der Waals surface area (Å²) in [5.74, 6) is 5.15. The molecule has 1 rings (SSSR count). The van der Waals surface area contributed by atoms with Crippen LogP contribution < -0.4 is 0 Å². The topological polar surface area (TPSA) is 70.0 Å². The van der Waals surface area contributed by atoms with Gasteiger partial charge in [0.15, 0.2) is 0 Å². The molecule has 0 aliphatic heterocycles. The van der Waals surface area contributed by atoms with Crippen LogP contribution in [0.3, 0.4) is 0 Å². The fourth-order valence-electron chi connectivity index (χ4n) is 1.66. The number of nitrogens with zero attached hydrogens (tertiary/aromatic N) is 1. The third kappa shape index (κ3) is 5.02. The molecule has 108 valence electrons. The quantitative estimate of drug-likeness (QED) is 0.724. The van der Waals surface area contributed by atoms with Crippen molar-refractivity contribution in [3.05, 3.63) is 35.4 Å². The van der Waals surface area contributed by atoms with E-state index < -0.39 is 0 Å². The van der Waals surface area contributed by atoms with Crippen molar-refractivity contribution >= 4 is 5.91 Å². The van der Waals surface area contributed by atoms with Crippen LogP contribution in [-0.2, 0) is 4.74 Å². The van der Waals surface area contributed by atoms with E-state index in [2.05, 4.69) is 11.8 Å². The number of rotatable bonds is 6. The van der Waals surface area contributed by atoms with Crippen molar-refractivity contribution < 1.29 is 19.7 Å². The van der Waals surface area contributed by atoms with E-state index >= 15 is 0 Å². The number of carbonyl (C=O) groups excluding carboxylic acids is 1. The third-order valence-corrected chi connectivity index (χ3v) is 2.67. The molecule has 1 aromatic carbocycles. The van der Waals surface area contributed by atoms with Gasteiger partial charge in [-0.3, -0.25) is 4.79 Å². The summed E-state index contributed by atoms with van der Waals surface area (Å²) < 4.78 is 4.95. The first kappa shape index (κ1) is 16.2. The molecule has 20 heavy (non-hydrogen) atoms. The minimum Gasteiger partial charge on any atom is -0.395 e. The van der Waals surface area contributed by atoms with E-state index in [4.69, 9.17) is 14.9 Å². The maximum absolute atomic E-state index is 12.2. The van der Waals surface area contributed by atoms with Crippen LogP contribution >= 0.6 is 0 Å². The lowest BCUT2D eigenvalue weighted by Crippen LogP contribution is -2.36. The zero-order valence-electron chi connectivity index (χ0n) is 11.5. The molecule has 0 aliphatic carbocycles. The van der Waals surface area contributed by atoms with Gasteiger partial charge in [0, 0.05) is 31.3 Å². The van der Waals surface area contributed by atoms with Gasteiger partial charge in [-0.05, 0) is 24.3 Å². The number of aliphatic hydroxyl groups is 2. The Balaban J connectivity index is 2.77. The summed E-state index contributed by atoms with van der Waals surface area (Å²) >= 11 is 0. The number of aliphatic hydroxyl groups excluding tert-OH is 2. The maximum Gasteiger partial charge on any atom is 0.254 e. The minimum absolute atomic E-state index is 0.0878. The fourth-order valence-corrected chi connectivity index (χ4v) is 1.66. The van der Waals surface area contributed by atoms with Crippen LogP contribution in [0, 0.1) is 11.8 Å². The van der Waals surface area contributed by atoms with Crippen molar-refractivity contribution in [3.8, 4) is 11.8 Å². The highest BCUT2D eigenvalue weighted by Gasteiger charge is 2.14. The largest absolute Gasteiger partial charge is 0.395 e. The molecule has 5 heteroatoms. The molecule has 2 N–H and O–H groups in total. The average Bonchev–Trinajstić information content (AvgIpc) is 2.49. The number of carbonyl (C=O) groups is 1. The molecule has 0 heterocycles. The van der Waals surface area contributed by atoms with Gasteiger partial charge in [0.05, 0.1) is 13.2 Å². The van der Waals surface area contributed by atoms with E-state index in [0.29, 0.717) is 18.7 Å². The molecule has 1 amide bonds. The summed E-state index contributed by atoms with van der Waals surface area (Å²) in [7, 11) is 1.57. The molecule has 0 aliphatic rings. The Labute approximate surface area is 118 Å². The average molecular weight is 277 g/mol. The number of ether oxygens (including phenoxy) is 1. The summed E-state index contributed by atoms with van der Waals surface area (Å²) in [5, 5.41) is 17.6. The van der Waals surface area contributed by atoms with Gasteiger partial charge < -0.3 is 19.8 Å². The normalized spacial score (nSPS) is 9.75. The molecular formula is C15H19NO4. The van der Waals surface area contributed by atoms with Crippen molar-refractivity contribution in [1.29, 1.82) is 0 Å². The monoisotopic (exact) mass is 277 g/mol. The van der Waals surface area contributed by atoms with Crippen LogP contribution in [0.1, 0.15) is 15.9 Å². The van der Waals surface area contributed by atoms with Crippen molar-refractivity contribution in [2.45, 2.75) is 0 Å². The molecule has 0 unspecified atom stereocenters. The molecule has 0 bridgehead atoms. The van der Waals surface area contributed by atoms with E-state index in [9.17, 15) is 4.79 Å². The number of benzene rings is 1. The van der Waals surface area contributed by atoms with Crippen LogP contribution in [0.25, 0.3) is 0 Å². The predicted molar refractivity (Wildman–Crippen MR) is 75.3 cm³/mol. The maximum atomic E-state index is 12.2. The number of methoxy groups -OCH3 is 1. The second kappa shape index (κ2) is 9.10. The summed E-state index contributed by atoms with van der Waals surface area (Å²) in [6.45, 7) is 0.847. The van der Waals surface area contributed by atoms with Crippen LogP contribution in [0.4, 0.5) is 0 Å². The highest BCUT2D eigenvalue weighted by atomic mass is 16.5. The molecule has 1 aromatic rings. The lowest BCUT2D eigenvalue weighted by atomic mass is 10.1. The van der Waals surface area contributed by atoms with Gasteiger partial charge in [-0.25, -0.2) is 0 Å². The van der Waals surface area contributed by atoms with Crippen molar-refractivity contribution in [3.63, 3.8) is 0 Å². The number of amides is 1. The van der Waals surface area contributed by atoms with E-state index in [-0.39, 0.29) is 25.7 Å². The third-order valence-electron chi connectivity index (χ3n) is 2.67. The fraction of sp³-hybridized carbons (Fsp3) is 0.400. The van der Waals surface area contributed by atoms with E-state index in [0.717, 1.165) is 5.56 Å². The molecule has 5 nitrogen and oxygen atoms in total. The first-order valence-electron chi connectivity index (χ1n) is 6.31. The summed E-state index contributed by atoms with van der Waals surface area (Å²) in [6.07, 6.45) is 0. The van der Waals surface area contributed by atoms with Gasteiger partial charge in [-0.2, -0.15) is 0 Å². The molecule has 0 radical (unpaired) electrons. The highest BCUT2D eigenvalue weighted by molar-refractivity contribution is 5.94. The Morgan fingerprint density at radius 3 is 2.50 bits per heavy atom. The van der Waals surface area contributed by atoms with Gasteiger partial charge in [0.2, 0.25) is 0 Å². The summed E-state index contributed by atoms with van der Waals surface area (Å²) in [6, 6.07) is 6.81. The standard InChI is InChI=1S/C15H19NO4/c1-20-12-9-16(8-11-18)15(19)14-6-4-13(5-7-14)3-2-10-17/h4-7,17-18H,8-12H2,1H3. The first-order chi connectivity index (χ1) is 9.72. The van der Waals surface area contributed by atoms with Gasteiger partial charge in [0.25, 0.3) is 5.91 Å². The molecule has 0 aromatic heterocycles. The van der Waals surface area contributed by atoms with Crippen molar-refractivity contribution in [2.75, 3.05) is 40.0 Å². The minimum atomic E-state index is -0.192. The Hall–Kier alpha value is -1.87. The van der Waals surface area contributed by atoms with Gasteiger partial charge >= 0.3 is 0 Å². The summed E-state index contributed by atoms with van der Waals surface area (Å²) in [5.41, 5.74) is 1.27. The Kier molecular flexibility index (Phi) is 7.36. The first-order valence-corrected chi connectivity index (χ1v) is 6.31. The van der Waals surface area contributed by atoms with Crippen LogP contribution in [0.2, 0.25) is 0 Å². The van der Waals surface area contributed by atoms with Crippen molar-refractivity contribution in [2.24, 2.45) is 0 Å². The highest BCUT2D eigenvalue weighted by Crippen LogP contribution is 2.07. The Morgan fingerprint density at radius 1 is 1.25 bits per heavy atom. The molecule has 0 atom stereocenters. The SMILES string of the molecule is COCCN(CCO)C(=O)c1ccc(C#CCO)cc1. The lowest BCUT2D eigenvalue weighted by Gasteiger charge is -2.21. The van der Waals surface area contributed by atoms with Gasteiger partial charge in [-0.15, -0.1) is 0 Å². The second-order valence-corrected chi connectivity index (χ2v) is 4.05. The van der Waals surface area contributed by atoms with E-state index in [1.54, 1.807) is 31.4 Å². The number of hydrogen-bond donors (Lipinski definition) is 2. The second-order valence-electron chi connectivity index (χ2n) is 4.05. The Morgan fingerprint density at radius 2 is 1.95 bits per heavy atom. The van der Waals surface area contributed by atoms with E-state index in [1.165, 1.54) is 4.90 Å². The molecule has 0 saturated heterocycles. The van der Waals surface area contributed by atoms with Crippen LogP contribution in [0.5, 0.6) is 0 Å². The van der Waals surface area contributed by atoms with Crippen LogP contribution in [-0.4, -0.2) is 61.0 Å². The zero-order valence-corrected chi connectivity index (χ0v) is 11.5. The van der Waals surface area contributed by atoms with Gasteiger partial charge in [-0.1, -0.05) is 11.8 Å².